The Morgan fingerprint density at radius 1 is 1.11 bits per heavy atom. The summed E-state index contributed by atoms with van der Waals surface area (Å²) < 4.78 is 0. The van der Waals surface area contributed by atoms with Crippen LogP contribution < -0.4 is 4.89 Å². The monoisotopic (exact) mass is 264 g/mol. The Balaban J connectivity index is 2.74. The average Bonchev–Trinajstić information content (AvgIpc) is 2.36. The van der Waals surface area contributed by atoms with Crippen LogP contribution in [-0.2, 0) is 4.89 Å². The minimum Gasteiger partial charge on any atom is -0.337 e. The summed E-state index contributed by atoms with van der Waals surface area (Å²) >= 11 is 0. The Hall–Kier alpha value is -1.02. The summed E-state index contributed by atoms with van der Waals surface area (Å²) in [7, 11) is 0. The van der Waals surface area contributed by atoms with Crippen molar-refractivity contribution in [1.29, 1.82) is 0 Å². The molecule has 0 heterocycles. The lowest BCUT2D eigenvalue weighted by atomic mass is 9.75. The molecule has 0 fully saturated rings. The van der Waals surface area contributed by atoms with E-state index < -0.39 is 0 Å². The molecule has 0 N–H and O–H groups in total. The lowest BCUT2D eigenvalue weighted by Crippen LogP contribution is -2.42. The molecule has 0 aliphatic carbocycles. The smallest absolute Gasteiger partial charge is 0.165 e. The van der Waals surface area contributed by atoms with E-state index in [4.69, 9.17) is 9.78 Å². The number of benzene rings is 1. The molecule has 0 unspecified atom stereocenters. The van der Waals surface area contributed by atoms with Crippen molar-refractivity contribution < 1.29 is 9.78 Å². The molecule has 0 amide bonds. The zero-order chi connectivity index (χ0) is 14.7. The van der Waals surface area contributed by atoms with Crippen molar-refractivity contribution in [1.82, 2.24) is 0 Å². The molecule has 2 nitrogen and oxygen atoms in total. The van der Waals surface area contributed by atoms with Crippen molar-refractivity contribution in [3.63, 3.8) is 0 Å². The third-order valence-corrected chi connectivity index (χ3v) is 4.38. The van der Waals surface area contributed by atoms with Gasteiger partial charge in [0.2, 0.25) is 0 Å². The summed E-state index contributed by atoms with van der Waals surface area (Å²) in [4.78, 5) is 11.3. The first-order valence-corrected chi connectivity index (χ1v) is 7.15. The lowest BCUT2D eigenvalue weighted by Gasteiger charge is -2.38. The van der Waals surface area contributed by atoms with Gasteiger partial charge in [0.15, 0.2) is 5.75 Å². The first-order chi connectivity index (χ1) is 8.69. The fraction of sp³-hybridized carbons (Fsp3) is 0.647. The zero-order valence-corrected chi connectivity index (χ0v) is 13.4. The maximum Gasteiger partial charge on any atom is 0.165 e. The van der Waals surface area contributed by atoms with Crippen LogP contribution in [0.25, 0.3) is 0 Å². The molecule has 0 saturated heterocycles. The number of hydrogen-bond donors (Lipinski definition) is 0. The predicted octanol–water partition coefficient (Wildman–Crippen LogP) is 5.34. The summed E-state index contributed by atoms with van der Waals surface area (Å²) in [5.41, 5.74) is 0.978. The van der Waals surface area contributed by atoms with Gasteiger partial charge in [0.1, 0.15) is 5.60 Å². The average molecular weight is 264 g/mol. The van der Waals surface area contributed by atoms with Crippen LogP contribution in [0.2, 0.25) is 0 Å². The molecule has 1 aromatic carbocycles. The summed E-state index contributed by atoms with van der Waals surface area (Å²) in [5.74, 6) is 1.26. The van der Waals surface area contributed by atoms with Gasteiger partial charge in [-0.05, 0) is 49.3 Å². The van der Waals surface area contributed by atoms with E-state index in [1.165, 1.54) is 5.56 Å². The second-order valence-electron chi connectivity index (χ2n) is 6.64. The van der Waals surface area contributed by atoms with E-state index in [9.17, 15) is 0 Å². The standard InChI is InChI=1S/C17H28O2/c1-8-16(4,5)17(6,7)19-18-15-11-9-10-14(12-15)13(2)3/h9-13H,8H2,1-7H3. The highest BCUT2D eigenvalue weighted by atomic mass is 17.2. The molecule has 0 bridgehead atoms. The normalized spacial score (nSPS) is 12.8. The molecule has 0 spiro atoms. The minimum atomic E-state index is -0.338. The van der Waals surface area contributed by atoms with E-state index in [0.717, 1.165) is 12.2 Å². The van der Waals surface area contributed by atoms with Crippen molar-refractivity contribution >= 4 is 0 Å². The van der Waals surface area contributed by atoms with Crippen LogP contribution in [0.5, 0.6) is 5.75 Å². The highest BCUT2D eigenvalue weighted by molar-refractivity contribution is 5.29. The Bertz CT molecular complexity index is 405. The van der Waals surface area contributed by atoms with Gasteiger partial charge in [-0.25, -0.2) is 0 Å². The SMILES string of the molecule is CCC(C)(C)C(C)(C)OOc1cccc(C(C)C)c1. The molecule has 0 aliphatic rings. The van der Waals surface area contributed by atoms with Gasteiger partial charge in [-0.2, -0.15) is 4.89 Å². The Labute approximate surface area is 118 Å². The molecule has 1 rings (SSSR count). The van der Waals surface area contributed by atoms with Crippen LogP contribution in [0.4, 0.5) is 0 Å². The highest BCUT2D eigenvalue weighted by Crippen LogP contribution is 2.37. The Morgan fingerprint density at radius 2 is 1.74 bits per heavy atom. The van der Waals surface area contributed by atoms with Gasteiger partial charge in [-0.1, -0.05) is 46.8 Å². The van der Waals surface area contributed by atoms with Crippen LogP contribution in [0, 0.1) is 5.41 Å². The van der Waals surface area contributed by atoms with Crippen LogP contribution in [-0.4, -0.2) is 5.60 Å². The molecule has 108 valence electrons. The molecule has 0 saturated carbocycles. The van der Waals surface area contributed by atoms with Gasteiger partial charge in [-0.15, -0.1) is 0 Å². The molecule has 0 radical (unpaired) electrons. The second-order valence-corrected chi connectivity index (χ2v) is 6.64. The highest BCUT2D eigenvalue weighted by Gasteiger charge is 2.38. The number of rotatable bonds is 6. The predicted molar refractivity (Wildman–Crippen MR) is 80.4 cm³/mol. The molecule has 0 aromatic heterocycles. The van der Waals surface area contributed by atoms with Gasteiger partial charge in [0.25, 0.3) is 0 Å². The molecular formula is C17H28O2. The third kappa shape index (κ3) is 3.97. The second kappa shape index (κ2) is 5.96. The van der Waals surface area contributed by atoms with Gasteiger partial charge >= 0.3 is 0 Å². The minimum absolute atomic E-state index is 0.0582. The van der Waals surface area contributed by atoms with E-state index >= 15 is 0 Å². The first kappa shape index (κ1) is 16.0. The van der Waals surface area contributed by atoms with E-state index in [-0.39, 0.29) is 11.0 Å². The fourth-order valence-corrected chi connectivity index (χ4v) is 1.62. The van der Waals surface area contributed by atoms with Crippen LogP contribution in [0.15, 0.2) is 24.3 Å². The summed E-state index contributed by atoms with van der Waals surface area (Å²) in [6, 6.07) is 8.09. The molecule has 2 heteroatoms. The molecule has 1 aromatic rings. The topological polar surface area (TPSA) is 18.5 Å². The van der Waals surface area contributed by atoms with Gasteiger partial charge in [-0.3, -0.25) is 0 Å². The van der Waals surface area contributed by atoms with E-state index in [2.05, 4.69) is 54.5 Å². The maximum absolute atomic E-state index is 5.71. The van der Waals surface area contributed by atoms with Crippen molar-refractivity contribution in [2.75, 3.05) is 0 Å². The van der Waals surface area contributed by atoms with Crippen LogP contribution in [0.1, 0.15) is 66.4 Å². The molecule has 0 atom stereocenters. The number of hydrogen-bond acceptors (Lipinski definition) is 2. The quantitative estimate of drug-likeness (QED) is 0.510. The zero-order valence-electron chi connectivity index (χ0n) is 13.4. The molecular weight excluding hydrogens is 236 g/mol. The van der Waals surface area contributed by atoms with Gasteiger partial charge in [0.05, 0.1) is 0 Å². The Morgan fingerprint density at radius 3 is 2.26 bits per heavy atom. The summed E-state index contributed by atoms with van der Waals surface area (Å²) in [5, 5.41) is 0. The van der Waals surface area contributed by atoms with E-state index in [0.29, 0.717) is 5.92 Å². The van der Waals surface area contributed by atoms with Gasteiger partial charge in [0, 0.05) is 0 Å². The van der Waals surface area contributed by atoms with Crippen LogP contribution in [0.3, 0.4) is 0 Å². The van der Waals surface area contributed by atoms with Crippen molar-refractivity contribution in [3.05, 3.63) is 29.8 Å². The summed E-state index contributed by atoms with van der Waals surface area (Å²) in [6.45, 7) is 15.0. The molecule has 0 aliphatic heterocycles. The van der Waals surface area contributed by atoms with Crippen molar-refractivity contribution in [2.45, 2.75) is 66.4 Å². The van der Waals surface area contributed by atoms with E-state index in [1.807, 2.05) is 18.2 Å². The maximum atomic E-state index is 5.71. The van der Waals surface area contributed by atoms with Gasteiger partial charge < -0.3 is 4.89 Å². The third-order valence-electron chi connectivity index (χ3n) is 4.38. The van der Waals surface area contributed by atoms with Crippen molar-refractivity contribution in [3.8, 4) is 5.75 Å². The van der Waals surface area contributed by atoms with Crippen molar-refractivity contribution in [2.24, 2.45) is 5.41 Å². The molecule has 19 heavy (non-hydrogen) atoms. The van der Waals surface area contributed by atoms with E-state index in [1.54, 1.807) is 0 Å². The first-order valence-electron chi connectivity index (χ1n) is 7.15. The summed E-state index contributed by atoms with van der Waals surface area (Å²) in [6.07, 6.45) is 1.04. The lowest BCUT2D eigenvalue weighted by molar-refractivity contribution is -0.310. The Kier molecular flexibility index (Phi) is 5.03. The fourth-order valence-electron chi connectivity index (χ4n) is 1.62. The van der Waals surface area contributed by atoms with Crippen LogP contribution >= 0.6 is 0 Å². The largest absolute Gasteiger partial charge is 0.337 e.